The molecule has 0 aliphatic carbocycles. The third-order valence-corrected chi connectivity index (χ3v) is 3.11. The fourth-order valence-electron chi connectivity index (χ4n) is 1.36. The SMILES string of the molecule is CNC(=O)NC(=O)[C@@H](C)Oc1ccc(C(=O)OC)cc1Br. The van der Waals surface area contributed by atoms with Gasteiger partial charge in [0.2, 0.25) is 0 Å². The maximum atomic E-state index is 11.7. The summed E-state index contributed by atoms with van der Waals surface area (Å²) in [5.41, 5.74) is 0.346. The van der Waals surface area contributed by atoms with Crippen LogP contribution >= 0.6 is 15.9 Å². The first-order chi connectivity index (χ1) is 9.88. The zero-order valence-corrected chi connectivity index (χ0v) is 13.3. The minimum absolute atomic E-state index is 0.346. The van der Waals surface area contributed by atoms with Crippen molar-refractivity contribution in [3.8, 4) is 5.75 Å². The van der Waals surface area contributed by atoms with Gasteiger partial charge in [0.25, 0.3) is 5.91 Å². The molecule has 0 unspecified atom stereocenters. The Balaban J connectivity index is 2.77. The molecule has 0 aliphatic heterocycles. The number of carbonyl (C=O) groups is 3. The molecule has 0 fully saturated rings. The highest BCUT2D eigenvalue weighted by Crippen LogP contribution is 2.27. The molecule has 114 valence electrons. The van der Waals surface area contributed by atoms with Crippen molar-refractivity contribution in [1.29, 1.82) is 0 Å². The molecule has 0 saturated heterocycles. The van der Waals surface area contributed by atoms with Gasteiger partial charge in [-0.3, -0.25) is 10.1 Å². The number of methoxy groups -OCH3 is 1. The summed E-state index contributed by atoms with van der Waals surface area (Å²) in [7, 11) is 2.68. The zero-order valence-electron chi connectivity index (χ0n) is 11.7. The summed E-state index contributed by atoms with van der Waals surface area (Å²) >= 11 is 3.24. The first kappa shape index (κ1) is 17.0. The van der Waals surface area contributed by atoms with E-state index in [9.17, 15) is 14.4 Å². The number of halogens is 1. The Morgan fingerprint density at radius 1 is 1.29 bits per heavy atom. The monoisotopic (exact) mass is 358 g/mol. The highest BCUT2D eigenvalue weighted by atomic mass is 79.9. The van der Waals surface area contributed by atoms with Gasteiger partial charge in [0, 0.05) is 7.05 Å². The second kappa shape index (κ2) is 7.63. The van der Waals surface area contributed by atoms with Crippen LogP contribution in [-0.2, 0) is 9.53 Å². The standard InChI is InChI=1S/C13H15BrN2O5/c1-7(11(17)16-13(19)15-2)21-10-5-4-8(6-9(10)14)12(18)20-3/h4-7H,1-3H3,(H2,15,16,17,19)/t7-/m1/s1. The Hall–Kier alpha value is -2.09. The Kier molecular flexibility index (Phi) is 6.16. The van der Waals surface area contributed by atoms with Crippen molar-refractivity contribution in [2.24, 2.45) is 0 Å². The molecule has 1 aromatic carbocycles. The van der Waals surface area contributed by atoms with Crippen molar-refractivity contribution in [1.82, 2.24) is 10.6 Å². The van der Waals surface area contributed by atoms with Gasteiger partial charge in [0.1, 0.15) is 5.75 Å². The summed E-state index contributed by atoms with van der Waals surface area (Å²) in [5, 5.41) is 4.37. The van der Waals surface area contributed by atoms with Crippen molar-refractivity contribution >= 4 is 33.8 Å². The van der Waals surface area contributed by atoms with E-state index in [-0.39, 0.29) is 0 Å². The molecule has 1 rings (SSSR count). The smallest absolute Gasteiger partial charge is 0.337 e. The number of benzene rings is 1. The molecule has 0 bridgehead atoms. The van der Waals surface area contributed by atoms with Crippen LogP contribution in [0.15, 0.2) is 22.7 Å². The minimum atomic E-state index is -0.887. The number of ether oxygens (including phenoxy) is 2. The van der Waals surface area contributed by atoms with Crippen LogP contribution in [0.5, 0.6) is 5.75 Å². The normalized spacial score (nSPS) is 11.2. The van der Waals surface area contributed by atoms with Gasteiger partial charge in [-0.25, -0.2) is 9.59 Å². The first-order valence-corrected chi connectivity index (χ1v) is 6.75. The Morgan fingerprint density at radius 2 is 1.95 bits per heavy atom. The Labute approximate surface area is 130 Å². The van der Waals surface area contributed by atoms with Gasteiger partial charge in [-0.15, -0.1) is 0 Å². The zero-order chi connectivity index (χ0) is 16.0. The van der Waals surface area contributed by atoms with E-state index in [4.69, 9.17) is 4.74 Å². The minimum Gasteiger partial charge on any atom is -0.480 e. The summed E-state index contributed by atoms with van der Waals surface area (Å²) in [6.07, 6.45) is -0.887. The van der Waals surface area contributed by atoms with Crippen LogP contribution in [0.4, 0.5) is 4.79 Å². The lowest BCUT2D eigenvalue weighted by Gasteiger charge is -2.15. The van der Waals surface area contributed by atoms with E-state index in [0.29, 0.717) is 15.8 Å². The first-order valence-electron chi connectivity index (χ1n) is 5.96. The fraction of sp³-hybridized carbons (Fsp3) is 0.308. The molecule has 0 aliphatic rings. The topological polar surface area (TPSA) is 93.7 Å². The van der Waals surface area contributed by atoms with Crippen molar-refractivity contribution in [3.63, 3.8) is 0 Å². The van der Waals surface area contributed by atoms with Crippen LogP contribution in [-0.4, -0.2) is 38.2 Å². The van der Waals surface area contributed by atoms with Gasteiger partial charge in [-0.2, -0.15) is 0 Å². The van der Waals surface area contributed by atoms with E-state index < -0.39 is 24.0 Å². The maximum absolute atomic E-state index is 11.7. The molecule has 1 atom stereocenters. The molecule has 3 amide bonds. The number of nitrogens with one attached hydrogen (secondary N) is 2. The summed E-state index contributed by atoms with van der Waals surface area (Å²) in [6.45, 7) is 1.50. The predicted octanol–water partition coefficient (Wildman–Crippen LogP) is 1.46. The summed E-state index contributed by atoms with van der Waals surface area (Å²) in [5.74, 6) is -0.701. The van der Waals surface area contributed by atoms with E-state index in [1.807, 2.05) is 0 Å². The summed E-state index contributed by atoms with van der Waals surface area (Å²) in [6, 6.07) is 3.94. The van der Waals surface area contributed by atoms with Gasteiger partial charge in [-0.05, 0) is 41.1 Å². The van der Waals surface area contributed by atoms with E-state index >= 15 is 0 Å². The number of amides is 3. The number of hydrogen-bond acceptors (Lipinski definition) is 5. The average molecular weight is 359 g/mol. The second-order valence-corrected chi connectivity index (χ2v) is 4.82. The summed E-state index contributed by atoms with van der Waals surface area (Å²) < 4.78 is 10.5. The molecule has 1 aromatic rings. The van der Waals surface area contributed by atoms with E-state index in [1.54, 1.807) is 0 Å². The average Bonchev–Trinajstić information content (AvgIpc) is 2.47. The van der Waals surface area contributed by atoms with E-state index in [0.717, 1.165) is 0 Å². The van der Waals surface area contributed by atoms with Crippen LogP contribution in [0.1, 0.15) is 17.3 Å². The predicted molar refractivity (Wildman–Crippen MR) is 78.2 cm³/mol. The van der Waals surface area contributed by atoms with Gasteiger partial charge in [-0.1, -0.05) is 0 Å². The molecule has 0 heterocycles. The Bertz CT molecular complexity index is 561. The largest absolute Gasteiger partial charge is 0.480 e. The molecular formula is C13H15BrN2O5. The Morgan fingerprint density at radius 3 is 2.48 bits per heavy atom. The summed E-state index contributed by atoms with van der Waals surface area (Å²) in [4.78, 5) is 34.1. The molecule has 21 heavy (non-hydrogen) atoms. The molecule has 0 spiro atoms. The van der Waals surface area contributed by atoms with Crippen LogP contribution < -0.4 is 15.4 Å². The van der Waals surface area contributed by atoms with Crippen molar-refractivity contribution in [2.45, 2.75) is 13.0 Å². The number of rotatable bonds is 4. The van der Waals surface area contributed by atoms with Crippen LogP contribution in [0.25, 0.3) is 0 Å². The van der Waals surface area contributed by atoms with Gasteiger partial charge < -0.3 is 14.8 Å². The van der Waals surface area contributed by atoms with Crippen LogP contribution in [0.2, 0.25) is 0 Å². The molecule has 0 radical (unpaired) electrons. The van der Waals surface area contributed by atoms with Crippen LogP contribution in [0, 0.1) is 0 Å². The molecule has 0 aromatic heterocycles. The maximum Gasteiger partial charge on any atom is 0.337 e. The van der Waals surface area contributed by atoms with E-state index in [1.165, 1.54) is 39.3 Å². The quantitative estimate of drug-likeness (QED) is 0.794. The number of carbonyl (C=O) groups excluding carboxylic acids is 3. The molecular weight excluding hydrogens is 344 g/mol. The number of hydrogen-bond donors (Lipinski definition) is 2. The van der Waals surface area contributed by atoms with Gasteiger partial charge >= 0.3 is 12.0 Å². The highest BCUT2D eigenvalue weighted by Gasteiger charge is 2.18. The number of esters is 1. The number of urea groups is 1. The number of imide groups is 1. The molecule has 8 heteroatoms. The second-order valence-electron chi connectivity index (χ2n) is 3.97. The van der Waals surface area contributed by atoms with Crippen molar-refractivity contribution < 1.29 is 23.9 Å². The highest BCUT2D eigenvalue weighted by molar-refractivity contribution is 9.10. The molecule has 2 N–H and O–H groups in total. The van der Waals surface area contributed by atoms with Crippen LogP contribution in [0.3, 0.4) is 0 Å². The molecule has 0 saturated carbocycles. The third kappa shape index (κ3) is 4.75. The third-order valence-electron chi connectivity index (χ3n) is 2.49. The van der Waals surface area contributed by atoms with Crippen molar-refractivity contribution in [2.75, 3.05) is 14.2 Å². The van der Waals surface area contributed by atoms with Gasteiger partial charge in [0.05, 0.1) is 17.1 Å². The van der Waals surface area contributed by atoms with Crippen molar-refractivity contribution in [3.05, 3.63) is 28.2 Å². The lowest BCUT2D eigenvalue weighted by molar-refractivity contribution is -0.126. The van der Waals surface area contributed by atoms with Gasteiger partial charge in [0.15, 0.2) is 6.10 Å². The van der Waals surface area contributed by atoms with E-state index in [2.05, 4.69) is 31.3 Å². The fourth-order valence-corrected chi connectivity index (χ4v) is 1.83. The lowest BCUT2D eigenvalue weighted by Crippen LogP contribution is -2.44. The lowest BCUT2D eigenvalue weighted by atomic mass is 10.2. The molecule has 7 nitrogen and oxygen atoms in total.